The van der Waals surface area contributed by atoms with E-state index in [1.807, 2.05) is 6.92 Å². The van der Waals surface area contributed by atoms with Crippen LogP contribution in [0.4, 0.5) is 5.69 Å². The fourth-order valence-corrected chi connectivity index (χ4v) is 2.25. The second-order valence-electron chi connectivity index (χ2n) is 4.31. The standard InChI is InChI=1S/C13H17NO/c1-10-5-6-13-12(8-10)4-3-7-14(13)11(2)9-15/h5-6,8-9,11H,3-4,7H2,1-2H3/t11-/m0/s1. The number of rotatable bonds is 2. The lowest BCUT2D eigenvalue weighted by atomic mass is 9.98. The van der Waals surface area contributed by atoms with Gasteiger partial charge in [0.1, 0.15) is 6.29 Å². The van der Waals surface area contributed by atoms with E-state index in [4.69, 9.17) is 0 Å². The third-order valence-electron chi connectivity index (χ3n) is 3.08. The molecule has 80 valence electrons. The normalized spacial score (nSPS) is 17.1. The van der Waals surface area contributed by atoms with Crippen molar-refractivity contribution in [1.82, 2.24) is 0 Å². The third kappa shape index (κ3) is 1.89. The Hall–Kier alpha value is -1.31. The first-order chi connectivity index (χ1) is 7.22. The molecule has 2 nitrogen and oxygen atoms in total. The number of benzene rings is 1. The minimum atomic E-state index is -0.00763. The SMILES string of the molecule is Cc1ccc2c(c1)CCCN2[C@@H](C)C=O. The molecule has 0 bridgehead atoms. The Morgan fingerprint density at radius 3 is 3.00 bits per heavy atom. The van der Waals surface area contributed by atoms with Gasteiger partial charge in [-0.15, -0.1) is 0 Å². The molecule has 1 heterocycles. The number of aryl methyl sites for hydroxylation is 2. The summed E-state index contributed by atoms with van der Waals surface area (Å²) in [5.41, 5.74) is 3.93. The molecule has 0 fully saturated rings. The monoisotopic (exact) mass is 203 g/mol. The number of fused-ring (bicyclic) bond motifs is 1. The molecular weight excluding hydrogens is 186 g/mol. The maximum absolute atomic E-state index is 10.8. The molecule has 0 unspecified atom stereocenters. The molecule has 1 aliphatic heterocycles. The van der Waals surface area contributed by atoms with Crippen molar-refractivity contribution in [2.75, 3.05) is 11.4 Å². The maximum atomic E-state index is 10.8. The molecule has 1 aromatic carbocycles. The number of anilines is 1. The zero-order valence-electron chi connectivity index (χ0n) is 9.36. The van der Waals surface area contributed by atoms with Gasteiger partial charge < -0.3 is 9.69 Å². The second kappa shape index (κ2) is 4.05. The smallest absolute Gasteiger partial charge is 0.142 e. The van der Waals surface area contributed by atoms with Gasteiger partial charge in [0.2, 0.25) is 0 Å². The molecule has 0 amide bonds. The quantitative estimate of drug-likeness (QED) is 0.688. The minimum absolute atomic E-state index is 0.00763. The summed E-state index contributed by atoms with van der Waals surface area (Å²) in [4.78, 5) is 13.0. The Morgan fingerprint density at radius 2 is 2.27 bits per heavy atom. The molecule has 2 rings (SSSR count). The van der Waals surface area contributed by atoms with Crippen molar-refractivity contribution in [2.24, 2.45) is 0 Å². The second-order valence-corrected chi connectivity index (χ2v) is 4.31. The largest absolute Gasteiger partial charge is 0.362 e. The van der Waals surface area contributed by atoms with Gasteiger partial charge in [0, 0.05) is 12.2 Å². The summed E-state index contributed by atoms with van der Waals surface area (Å²) >= 11 is 0. The van der Waals surface area contributed by atoms with Crippen LogP contribution in [-0.2, 0) is 11.2 Å². The first-order valence-electron chi connectivity index (χ1n) is 5.54. The molecule has 0 radical (unpaired) electrons. The van der Waals surface area contributed by atoms with Crippen LogP contribution in [0.15, 0.2) is 18.2 Å². The molecule has 0 N–H and O–H groups in total. The van der Waals surface area contributed by atoms with Crippen LogP contribution in [0.25, 0.3) is 0 Å². The van der Waals surface area contributed by atoms with E-state index in [2.05, 4.69) is 30.0 Å². The number of hydrogen-bond acceptors (Lipinski definition) is 2. The van der Waals surface area contributed by atoms with Crippen molar-refractivity contribution in [1.29, 1.82) is 0 Å². The van der Waals surface area contributed by atoms with Crippen molar-refractivity contribution >= 4 is 12.0 Å². The minimum Gasteiger partial charge on any atom is -0.362 e. The van der Waals surface area contributed by atoms with E-state index in [1.165, 1.54) is 16.8 Å². The number of aldehydes is 1. The van der Waals surface area contributed by atoms with Crippen molar-refractivity contribution in [3.63, 3.8) is 0 Å². The Bertz CT molecular complexity index is 373. The Morgan fingerprint density at radius 1 is 1.47 bits per heavy atom. The Kier molecular flexibility index (Phi) is 2.76. The topological polar surface area (TPSA) is 20.3 Å². The van der Waals surface area contributed by atoms with Gasteiger partial charge in [0.25, 0.3) is 0 Å². The highest BCUT2D eigenvalue weighted by atomic mass is 16.1. The van der Waals surface area contributed by atoms with Crippen LogP contribution >= 0.6 is 0 Å². The van der Waals surface area contributed by atoms with Crippen LogP contribution in [-0.4, -0.2) is 18.9 Å². The Labute approximate surface area is 90.9 Å². The molecule has 15 heavy (non-hydrogen) atoms. The Balaban J connectivity index is 2.38. The van der Waals surface area contributed by atoms with Crippen molar-refractivity contribution < 1.29 is 4.79 Å². The first kappa shape index (κ1) is 10.2. The molecule has 0 aromatic heterocycles. The molecule has 1 aliphatic rings. The highest BCUT2D eigenvalue weighted by molar-refractivity contribution is 5.68. The molecule has 1 atom stereocenters. The van der Waals surface area contributed by atoms with Gasteiger partial charge in [-0.2, -0.15) is 0 Å². The summed E-state index contributed by atoms with van der Waals surface area (Å²) in [6, 6.07) is 6.49. The van der Waals surface area contributed by atoms with E-state index >= 15 is 0 Å². The lowest BCUT2D eigenvalue weighted by Gasteiger charge is -2.34. The lowest BCUT2D eigenvalue weighted by molar-refractivity contribution is -0.108. The van der Waals surface area contributed by atoms with Crippen LogP contribution in [0.2, 0.25) is 0 Å². The van der Waals surface area contributed by atoms with E-state index in [1.54, 1.807) is 0 Å². The molecule has 2 heteroatoms. The maximum Gasteiger partial charge on any atom is 0.142 e. The zero-order valence-corrected chi connectivity index (χ0v) is 9.36. The lowest BCUT2D eigenvalue weighted by Crippen LogP contribution is -2.38. The van der Waals surface area contributed by atoms with E-state index in [0.29, 0.717) is 0 Å². The van der Waals surface area contributed by atoms with Crippen molar-refractivity contribution in [2.45, 2.75) is 32.7 Å². The molecule has 0 saturated carbocycles. The molecule has 0 spiro atoms. The van der Waals surface area contributed by atoms with Gasteiger partial charge in [-0.05, 0) is 38.3 Å². The average Bonchev–Trinajstić information content (AvgIpc) is 2.26. The summed E-state index contributed by atoms with van der Waals surface area (Å²) in [5.74, 6) is 0. The summed E-state index contributed by atoms with van der Waals surface area (Å²) in [6.07, 6.45) is 3.31. The fraction of sp³-hybridized carbons (Fsp3) is 0.462. The van der Waals surface area contributed by atoms with Crippen LogP contribution in [0, 0.1) is 6.92 Å². The van der Waals surface area contributed by atoms with E-state index < -0.39 is 0 Å². The number of carbonyl (C=O) groups excluding carboxylic acids is 1. The van der Waals surface area contributed by atoms with Gasteiger partial charge in [0.15, 0.2) is 0 Å². The zero-order chi connectivity index (χ0) is 10.8. The number of hydrogen-bond donors (Lipinski definition) is 0. The van der Waals surface area contributed by atoms with Crippen molar-refractivity contribution in [3.8, 4) is 0 Å². The summed E-state index contributed by atoms with van der Waals surface area (Å²) < 4.78 is 0. The van der Waals surface area contributed by atoms with Gasteiger partial charge >= 0.3 is 0 Å². The highest BCUT2D eigenvalue weighted by Crippen LogP contribution is 2.28. The predicted molar refractivity (Wildman–Crippen MR) is 62.4 cm³/mol. The molecule has 0 saturated heterocycles. The van der Waals surface area contributed by atoms with E-state index in [-0.39, 0.29) is 6.04 Å². The molecule has 1 aromatic rings. The molecular formula is C13H17NO. The number of nitrogens with zero attached hydrogens (tertiary/aromatic N) is 1. The van der Waals surface area contributed by atoms with E-state index in [9.17, 15) is 4.79 Å². The van der Waals surface area contributed by atoms with Gasteiger partial charge in [-0.1, -0.05) is 17.7 Å². The van der Waals surface area contributed by atoms with E-state index in [0.717, 1.165) is 25.7 Å². The first-order valence-corrected chi connectivity index (χ1v) is 5.54. The predicted octanol–water partition coefficient (Wildman–Crippen LogP) is 2.34. The summed E-state index contributed by atoms with van der Waals surface area (Å²) in [5, 5.41) is 0. The van der Waals surface area contributed by atoms with Crippen molar-refractivity contribution in [3.05, 3.63) is 29.3 Å². The van der Waals surface area contributed by atoms with Crippen LogP contribution in [0.1, 0.15) is 24.5 Å². The van der Waals surface area contributed by atoms with Gasteiger partial charge in [-0.3, -0.25) is 0 Å². The molecule has 0 aliphatic carbocycles. The van der Waals surface area contributed by atoms with Gasteiger partial charge in [0.05, 0.1) is 6.04 Å². The van der Waals surface area contributed by atoms with Crippen LogP contribution in [0.5, 0.6) is 0 Å². The summed E-state index contributed by atoms with van der Waals surface area (Å²) in [6.45, 7) is 5.07. The summed E-state index contributed by atoms with van der Waals surface area (Å²) in [7, 11) is 0. The third-order valence-corrected chi connectivity index (χ3v) is 3.08. The van der Waals surface area contributed by atoms with Gasteiger partial charge in [-0.25, -0.2) is 0 Å². The van der Waals surface area contributed by atoms with Crippen LogP contribution < -0.4 is 4.90 Å². The number of carbonyl (C=O) groups is 1. The van der Waals surface area contributed by atoms with Crippen LogP contribution in [0.3, 0.4) is 0 Å². The fourth-order valence-electron chi connectivity index (χ4n) is 2.25. The highest BCUT2D eigenvalue weighted by Gasteiger charge is 2.20. The average molecular weight is 203 g/mol.